The molecule has 16 heavy (non-hydrogen) atoms. The molecule has 6 heteroatoms. The second kappa shape index (κ2) is 5.62. The first kappa shape index (κ1) is 16.1. The summed E-state index contributed by atoms with van der Waals surface area (Å²) in [6.45, 7) is 12.2. The first-order valence-electron chi connectivity index (χ1n) is 5.61. The molecule has 0 atom stereocenters. The van der Waals surface area contributed by atoms with E-state index >= 15 is 0 Å². The maximum atomic E-state index is 11.5. The summed E-state index contributed by atoms with van der Waals surface area (Å²) in [5.74, 6) is 0. The van der Waals surface area contributed by atoms with Crippen LogP contribution in [0.1, 0.15) is 41.5 Å². The maximum absolute atomic E-state index is 11.5. The van der Waals surface area contributed by atoms with E-state index in [1.54, 1.807) is 0 Å². The average molecular weight is 268 g/mol. The Morgan fingerprint density at radius 1 is 0.875 bits per heavy atom. The van der Waals surface area contributed by atoms with Gasteiger partial charge in [0.05, 0.1) is 7.11 Å². The Kier molecular flexibility index (Phi) is 5.65. The molecular formula is C10H24O4SSi. The molecule has 0 N–H and O–H groups in total. The molecule has 0 saturated heterocycles. The summed E-state index contributed by atoms with van der Waals surface area (Å²) < 4.78 is 32.9. The molecule has 0 aliphatic rings. The molecule has 0 rings (SSSR count). The van der Waals surface area contributed by atoms with E-state index in [9.17, 15) is 8.42 Å². The largest absolute Gasteiger partial charge is 0.389 e. The Labute approximate surface area is 101 Å². The predicted octanol–water partition coefficient (Wildman–Crippen LogP) is 3.07. The average Bonchev–Trinajstić information content (AvgIpc) is 2.12. The van der Waals surface area contributed by atoms with Crippen LogP contribution in [0.2, 0.25) is 16.6 Å². The minimum Gasteiger partial charge on any atom is -0.293 e. The van der Waals surface area contributed by atoms with Crippen LogP contribution in [0.3, 0.4) is 0 Å². The van der Waals surface area contributed by atoms with Gasteiger partial charge in [0.1, 0.15) is 0 Å². The van der Waals surface area contributed by atoms with E-state index in [-0.39, 0.29) is 16.6 Å². The van der Waals surface area contributed by atoms with Gasteiger partial charge in [-0.1, -0.05) is 41.5 Å². The zero-order chi connectivity index (χ0) is 13.1. The van der Waals surface area contributed by atoms with Gasteiger partial charge in [0.25, 0.3) is 0 Å². The predicted molar refractivity (Wildman–Crippen MR) is 68.1 cm³/mol. The summed E-state index contributed by atoms with van der Waals surface area (Å²) in [4.78, 5) is 0. The number of rotatable bonds is 6. The molecule has 0 aromatic carbocycles. The molecule has 0 saturated carbocycles. The van der Waals surface area contributed by atoms with Gasteiger partial charge in [-0.15, -0.1) is 0 Å². The van der Waals surface area contributed by atoms with Crippen LogP contribution in [0.25, 0.3) is 0 Å². The van der Waals surface area contributed by atoms with Crippen LogP contribution in [0.4, 0.5) is 0 Å². The van der Waals surface area contributed by atoms with E-state index in [4.69, 9.17) is 3.87 Å². The molecule has 0 fully saturated rings. The van der Waals surface area contributed by atoms with Gasteiger partial charge in [-0.05, 0) is 16.6 Å². The molecule has 0 heterocycles. The zero-order valence-electron chi connectivity index (χ0n) is 11.3. The maximum Gasteiger partial charge on any atom is 0.389 e. The second-order valence-corrected chi connectivity index (χ2v) is 12.0. The van der Waals surface area contributed by atoms with Crippen LogP contribution in [-0.4, -0.2) is 23.8 Å². The third kappa shape index (κ3) is 3.29. The van der Waals surface area contributed by atoms with E-state index in [0.717, 1.165) is 7.11 Å². The smallest absolute Gasteiger partial charge is 0.293 e. The second-order valence-electron chi connectivity index (χ2n) is 4.98. The SMILES string of the molecule is COS(=O)(=O)O[Si](C(C)C)(C(C)C)C(C)C. The molecule has 0 aromatic heterocycles. The lowest BCUT2D eigenvalue weighted by atomic mass is 10.5. The minimum absolute atomic E-state index is 0.220. The van der Waals surface area contributed by atoms with E-state index in [1.807, 2.05) is 41.5 Å². The van der Waals surface area contributed by atoms with E-state index in [1.165, 1.54) is 0 Å². The quantitative estimate of drug-likeness (QED) is 0.695. The molecule has 0 radical (unpaired) electrons. The highest BCUT2D eigenvalue weighted by atomic mass is 32.3. The number of hydrogen-bond donors (Lipinski definition) is 0. The van der Waals surface area contributed by atoms with Crippen molar-refractivity contribution in [1.29, 1.82) is 0 Å². The van der Waals surface area contributed by atoms with Gasteiger partial charge in [-0.25, -0.2) is 0 Å². The summed E-state index contributed by atoms with van der Waals surface area (Å²) in [6.07, 6.45) is 0. The third-order valence-corrected chi connectivity index (χ3v) is 11.0. The highest BCUT2D eigenvalue weighted by Crippen LogP contribution is 2.43. The Morgan fingerprint density at radius 3 is 1.38 bits per heavy atom. The minimum atomic E-state index is -3.85. The van der Waals surface area contributed by atoms with Crippen molar-refractivity contribution in [2.24, 2.45) is 0 Å². The van der Waals surface area contributed by atoms with E-state index < -0.39 is 18.7 Å². The topological polar surface area (TPSA) is 52.6 Å². The lowest BCUT2D eigenvalue weighted by Gasteiger charge is -2.40. The van der Waals surface area contributed by atoms with Crippen molar-refractivity contribution in [1.82, 2.24) is 0 Å². The standard InChI is InChI=1S/C10H24O4SSi/c1-8(2)16(9(3)4,10(5)6)14-15(11,12)13-7/h8-10H,1-7H3. The van der Waals surface area contributed by atoms with Gasteiger partial charge in [0.2, 0.25) is 8.32 Å². The fraction of sp³-hybridized carbons (Fsp3) is 1.00. The summed E-state index contributed by atoms with van der Waals surface area (Å²) in [5.41, 5.74) is 0.660. The van der Waals surface area contributed by atoms with Gasteiger partial charge < -0.3 is 0 Å². The first-order valence-corrected chi connectivity index (χ1v) is 9.08. The number of hydrogen-bond acceptors (Lipinski definition) is 4. The van der Waals surface area contributed by atoms with Crippen LogP contribution >= 0.6 is 0 Å². The van der Waals surface area contributed by atoms with Gasteiger partial charge in [0, 0.05) is 0 Å². The van der Waals surface area contributed by atoms with Crippen molar-refractivity contribution in [3.63, 3.8) is 0 Å². The molecule has 0 aliphatic carbocycles. The molecule has 0 aliphatic heterocycles. The molecule has 0 unspecified atom stereocenters. The summed E-state index contributed by atoms with van der Waals surface area (Å²) in [6, 6.07) is 0. The van der Waals surface area contributed by atoms with Gasteiger partial charge in [-0.2, -0.15) is 8.42 Å². The fourth-order valence-electron chi connectivity index (χ4n) is 2.50. The molecule has 0 amide bonds. The summed E-state index contributed by atoms with van der Waals surface area (Å²) in [5, 5.41) is 0. The molecular weight excluding hydrogens is 244 g/mol. The van der Waals surface area contributed by atoms with Crippen molar-refractivity contribution in [3.8, 4) is 0 Å². The van der Waals surface area contributed by atoms with Gasteiger partial charge in [0.15, 0.2) is 0 Å². The molecule has 0 aromatic rings. The lowest BCUT2D eigenvalue weighted by molar-refractivity contribution is 0.317. The van der Waals surface area contributed by atoms with Gasteiger partial charge in [-0.3, -0.25) is 8.06 Å². The van der Waals surface area contributed by atoms with Crippen LogP contribution in [0.5, 0.6) is 0 Å². The molecule has 4 nitrogen and oxygen atoms in total. The van der Waals surface area contributed by atoms with Crippen LogP contribution in [-0.2, 0) is 18.5 Å². The van der Waals surface area contributed by atoms with Crippen LogP contribution in [0.15, 0.2) is 0 Å². The molecule has 0 spiro atoms. The van der Waals surface area contributed by atoms with Crippen LogP contribution in [0, 0.1) is 0 Å². The Bertz CT molecular complexity index is 287. The fourth-order valence-corrected chi connectivity index (χ4v) is 10.5. The highest BCUT2D eigenvalue weighted by molar-refractivity contribution is 7.83. The van der Waals surface area contributed by atoms with Crippen molar-refractivity contribution in [3.05, 3.63) is 0 Å². The van der Waals surface area contributed by atoms with Gasteiger partial charge >= 0.3 is 10.4 Å². The van der Waals surface area contributed by atoms with Crippen molar-refractivity contribution < 1.29 is 16.5 Å². The lowest BCUT2D eigenvalue weighted by Crippen LogP contribution is -2.49. The first-order chi connectivity index (χ1) is 7.10. The Morgan fingerprint density at radius 2 is 1.19 bits per heavy atom. The Hall–Kier alpha value is 0.0869. The zero-order valence-corrected chi connectivity index (χ0v) is 13.1. The normalized spacial score (nSPS) is 14.1. The monoisotopic (exact) mass is 268 g/mol. The van der Waals surface area contributed by atoms with Crippen molar-refractivity contribution in [2.75, 3.05) is 7.11 Å². The highest BCUT2D eigenvalue weighted by Gasteiger charge is 2.49. The van der Waals surface area contributed by atoms with Crippen molar-refractivity contribution >= 4 is 18.7 Å². The molecule has 0 bridgehead atoms. The Balaban J connectivity index is 5.39. The molecule has 98 valence electrons. The summed E-state index contributed by atoms with van der Waals surface area (Å²) >= 11 is 0. The summed E-state index contributed by atoms with van der Waals surface area (Å²) in [7, 11) is -5.11. The van der Waals surface area contributed by atoms with Crippen LogP contribution < -0.4 is 0 Å². The van der Waals surface area contributed by atoms with E-state index in [2.05, 4.69) is 4.18 Å². The third-order valence-electron chi connectivity index (χ3n) is 3.16. The van der Waals surface area contributed by atoms with E-state index in [0.29, 0.717) is 0 Å². The van der Waals surface area contributed by atoms with Crippen molar-refractivity contribution in [2.45, 2.75) is 58.2 Å².